The van der Waals surface area contributed by atoms with E-state index in [1.54, 1.807) is 0 Å². The van der Waals surface area contributed by atoms with E-state index in [9.17, 15) is 10.2 Å². The van der Waals surface area contributed by atoms with Crippen molar-refractivity contribution in [1.82, 2.24) is 0 Å². The van der Waals surface area contributed by atoms with E-state index in [-0.39, 0.29) is 23.0 Å². The van der Waals surface area contributed by atoms with Gasteiger partial charge in [0.25, 0.3) is 0 Å². The van der Waals surface area contributed by atoms with Crippen molar-refractivity contribution in [2.24, 2.45) is 28.6 Å². The molecule has 0 aliphatic heterocycles. The summed E-state index contributed by atoms with van der Waals surface area (Å²) in [7, 11) is 0. The van der Waals surface area contributed by atoms with Gasteiger partial charge in [0.2, 0.25) is 0 Å². The highest BCUT2D eigenvalue weighted by molar-refractivity contribution is 9.09. The van der Waals surface area contributed by atoms with E-state index in [1.165, 1.54) is 24.8 Å². The van der Waals surface area contributed by atoms with Crippen LogP contribution >= 0.6 is 15.9 Å². The van der Waals surface area contributed by atoms with Crippen LogP contribution in [0.2, 0.25) is 0 Å². The van der Waals surface area contributed by atoms with Crippen LogP contribution in [0.4, 0.5) is 0 Å². The van der Waals surface area contributed by atoms with E-state index in [0.717, 1.165) is 25.7 Å². The Kier molecular flexibility index (Phi) is 3.61. The third kappa shape index (κ3) is 1.97. The van der Waals surface area contributed by atoms with Gasteiger partial charge in [-0.05, 0) is 73.5 Å². The summed E-state index contributed by atoms with van der Waals surface area (Å²) < 4.78 is 0. The fourth-order valence-electron chi connectivity index (χ4n) is 6.60. The van der Waals surface area contributed by atoms with Crippen molar-refractivity contribution >= 4 is 15.9 Å². The van der Waals surface area contributed by atoms with Gasteiger partial charge in [-0.3, -0.25) is 0 Å². The maximum absolute atomic E-state index is 10.5. The molecule has 3 saturated carbocycles. The highest BCUT2D eigenvalue weighted by atomic mass is 79.9. The Balaban J connectivity index is 1.72. The third-order valence-corrected chi connectivity index (χ3v) is 8.95. The average Bonchev–Trinajstić information content (AvgIpc) is 2.77. The molecule has 0 amide bonds. The molecule has 4 rings (SSSR count). The van der Waals surface area contributed by atoms with E-state index in [1.807, 2.05) is 0 Å². The lowest BCUT2D eigenvalue weighted by atomic mass is 9.47. The Morgan fingerprint density at radius 1 is 1.05 bits per heavy atom. The van der Waals surface area contributed by atoms with Crippen molar-refractivity contribution in [2.45, 2.75) is 75.8 Å². The first-order valence-corrected chi connectivity index (χ1v) is 9.99. The molecule has 0 radical (unpaired) electrons. The fourth-order valence-corrected chi connectivity index (χ4v) is 7.69. The number of alkyl halides is 1. The van der Waals surface area contributed by atoms with Gasteiger partial charge in [0, 0.05) is 4.83 Å². The zero-order chi connectivity index (χ0) is 15.7. The summed E-state index contributed by atoms with van der Waals surface area (Å²) >= 11 is 4.01. The molecule has 2 N–H and O–H groups in total. The Labute approximate surface area is 142 Å². The van der Waals surface area contributed by atoms with Crippen LogP contribution in [0, 0.1) is 28.6 Å². The van der Waals surface area contributed by atoms with Crippen molar-refractivity contribution in [2.75, 3.05) is 0 Å². The van der Waals surface area contributed by atoms with Crippen molar-refractivity contribution in [3.05, 3.63) is 11.6 Å². The molecule has 0 aromatic heterocycles. The summed E-state index contributed by atoms with van der Waals surface area (Å²) in [5.74, 6) is 2.07. The second-order valence-electron chi connectivity index (χ2n) is 8.86. The summed E-state index contributed by atoms with van der Waals surface area (Å²) in [5.41, 5.74) is 1.92. The lowest BCUT2D eigenvalue weighted by Gasteiger charge is -2.59. The van der Waals surface area contributed by atoms with E-state index in [4.69, 9.17) is 0 Å². The van der Waals surface area contributed by atoms with E-state index in [2.05, 4.69) is 35.9 Å². The van der Waals surface area contributed by atoms with Crippen LogP contribution in [0.1, 0.15) is 58.8 Å². The molecular formula is C19H29BrO2. The molecule has 3 heteroatoms. The SMILES string of the molecule is C[C@]12CC[C@H]3[C@@H](C(Br)CC4=C[C@@H](O)CC[C@@]43C)[C@@H]1CC[C@@H]2O. The van der Waals surface area contributed by atoms with Gasteiger partial charge in [0.05, 0.1) is 12.2 Å². The van der Waals surface area contributed by atoms with Gasteiger partial charge in [-0.25, -0.2) is 0 Å². The van der Waals surface area contributed by atoms with Crippen LogP contribution in [0.5, 0.6) is 0 Å². The first-order valence-electron chi connectivity index (χ1n) is 9.07. The minimum absolute atomic E-state index is 0.101. The number of fused-ring (bicyclic) bond motifs is 5. The minimum atomic E-state index is -0.235. The monoisotopic (exact) mass is 368 g/mol. The summed E-state index contributed by atoms with van der Waals surface area (Å²) in [6.45, 7) is 4.79. The van der Waals surface area contributed by atoms with Crippen molar-refractivity contribution in [1.29, 1.82) is 0 Å². The fraction of sp³-hybridized carbons (Fsp3) is 0.895. The number of rotatable bonds is 0. The summed E-state index contributed by atoms with van der Waals surface area (Å²) in [6.07, 6.45) is 9.54. The molecule has 4 aliphatic carbocycles. The maximum Gasteiger partial charge on any atom is 0.0724 e. The first-order chi connectivity index (χ1) is 10.4. The number of halogens is 1. The molecular weight excluding hydrogens is 340 g/mol. The quantitative estimate of drug-likeness (QED) is 0.500. The molecule has 0 heterocycles. The van der Waals surface area contributed by atoms with Gasteiger partial charge in [-0.2, -0.15) is 0 Å². The van der Waals surface area contributed by atoms with Crippen molar-refractivity contribution < 1.29 is 10.2 Å². The number of aliphatic hydroxyl groups is 2. The number of hydrogen-bond acceptors (Lipinski definition) is 2. The predicted molar refractivity (Wildman–Crippen MR) is 91.8 cm³/mol. The van der Waals surface area contributed by atoms with Gasteiger partial charge < -0.3 is 10.2 Å². The van der Waals surface area contributed by atoms with E-state index < -0.39 is 0 Å². The molecule has 4 aliphatic rings. The summed E-state index contributed by atoms with van der Waals surface area (Å²) in [6, 6.07) is 0. The molecule has 3 fully saturated rings. The smallest absolute Gasteiger partial charge is 0.0724 e. The first kappa shape index (κ1) is 15.7. The predicted octanol–water partition coefficient (Wildman–Crippen LogP) is 4.04. The normalized spacial score (nSPS) is 57.6. The van der Waals surface area contributed by atoms with Gasteiger partial charge in [-0.15, -0.1) is 0 Å². The highest BCUT2D eigenvalue weighted by Crippen LogP contribution is 2.66. The molecule has 2 nitrogen and oxygen atoms in total. The van der Waals surface area contributed by atoms with Gasteiger partial charge in [0.1, 0.15) is 0 Å². The van der Waals surface area contributed by atoms with Crippen LogP contribution < -0.4 is 0 Å². The van der Waals surface area contributed by atoms with Crippen LogP contribution in [-0.4, -0.2) is 27.2 Å². The van der Waals surface area contributed by atoms with Crippen LogP contribution in [-0.2, 0) is 0 Å². The minimum Gasteiger partial charge on any atom is -0.393 e. The topological polar surface area (TPSA) is 40.5 Å². The highest BCUT2D eigenvalue weighted by Gasteiger charge is 2.60. The second-order valence-corrected chi connectivity index (χ2v) is 10.0. The van der Waals surface area contributed by atoms with Gasteiger partial charge >= 0.3 is 0 Å². The van der Waals surface area contributed by atoms with Crippen LogP contribution in [0.15, 0.2) is 11.6 Å². The summed E-state index contributed by atoms with van der Waals surface area (Å²) in [5, 5.41) is 20.6. The van der Waals surface area contributed by atoms with E-state index >= 15 is 0 Å². The molecule has 124 valence electrons. The van der Waals surface area contributed by atoms with Crippen molar-refractivity contribution in [3.8, 4) is 0 Å². The zero-order valence-electron chi connectivity index (χ0n) is 13.8. The molecule has 22 heavy (non-hydrogen) atoms. The molecule has 0 spiro atoms. The van der Waals surface area contributed by atoms with Crippen molar-refractivity contribution in [3.63, 3.8) is 0 Å². The molecule has 1 unspecified atom stereocenters. The van der Waals surface area contributed by atoms with Crippen LogP contribution in [0.3, 0.4) is 0 Å². The Morgan fingerprint density at radius 3 is 2.59 bits per heavy atom. The molecule has 8 atom stereocenters. The number of hydrogen-bond donors (Lipinski definition) is 2. The largest absolute Gasteiger partial charge is 0.393 e. The van der Waals surface area contributed by atoms with E-state index in [0.29, 0.717) is 22.6 Å². The van der Waals surface area contributed by atoms with Gasteiger partial charge in [0.15, 0.2) is 0 Å². The zero-order valence-corrected chi connectivity index (χ0v) is 15.3. The Morgan fingerprint density at radius 2 is 1.82 bits per heavy atom. The Hall–Kier alpha value is 0.140. The lowest BCUT2D eigenvalue weighted by Crippen LogP contribution is -2.54. The maximum atomic E-state index is 10.5. The Bertz CT molecular complexity index is 504. The van der Waals surface area contributed by atoms with Gasteiger partial charge in [-0.1, -0.05) is 41.4 Å². The standard InChI is InChI=1S/C19H29BrO2/c1-18-7-5-12(21)9-11(18)10-15(20)17-13-3-4-16(22)19(13,2)8-6-14(17)18/h9,12-17,21-22H,3-8,10H2,1-2H3/t12-,13-,14-,15?,16-,17-,18-,19-/m0/s1. The van der Waals surface area contributed by atoms with Crippen LogP contribution in [0.25, 0.3) is 0 Å². The summed E-state index contributed by atoms with van der Waals surface area (Å²) in [4.78, 5) is 0.511. The third-order valence-electron chi connectivity index (χ3n) is 8.02. The average molecular weight is 369 g/mol. The lowest BCUT2D eigenvalue weighted by molar-refractivity contribution is -0.0728. The second kappa shape index (κ2) is 5.07. The molecule has 0 aromatic carbocycles. The molecule has 0 bridgehead atoms. The number of aliphatic hydroxyl groups excluding tert-OH is 2. The molecule has 0 aromatic rings. The molecule has 0 saturated heterocycles. The number of allylic oxidation sites excluding steroid dienone is 1.